The second-order valence-electron chi connectivity index (χ2n) is 5.76. The average Bonchev–Trinajstić information content (AvgIpc) is 3.15. The highest BCUT2D eigenvalue weighted by molar-refractivity contribution is 7.16. The third kappa shape index (κ3) is 3.35. The summed E-state index contributed by atoms with van der Waals surface area (Å²) in [5.74, 6) is 0.202. The van der Waals surface area contributed by atoms with Gasteiger partial charge in [0, 0.05) is 6.54 Å². The van der Waals surface area contributed by atoms with Crippen molar-refractivity contribution >= 4 is 27.5 Å². The molecule has 0 radical (unpaired) electrons. The van der Waals surface area contributed by atoms with E-state index < -0.39 is 0 Å². The molecule has 1 aromatic carbocycles. The van der Waals surface area contributed by atoms with Crippen molar-refractivity contribution in [3.05, 3.63) is 53.9 Å². The van der Waals surface area contributed by atoms with Crippen LogP contribution in [0.3, 0.4) is 0 Å². The molecule has 1 amide bonds. The maximum absolute atomic E-state index is 12.2. The molecule has 0 N–H and O–H groups in total. The van der Waals surface area contributed by atoms with Gasteiger partial charge in [-0.05, 0) is 23.6 Å². The van der Waals surface area contributed by atoms with Crippen LogP contribution < -0.4 is 4.80 Å². The van der Waals surface area contributed by atoms with Crippen molar-refractivity contribution in [3.8, 4) is 0 Å². The van der Waals surface area contributed by atoms with E-state index in [0.717, 1.165) is 10.2 Å². The maximum Gasteiger partial charge on any atom is 0.270 e. The molecule has 0 bridgehead atoms. The molecule has 3 aromatic rings. The van der Waals surface area contributed by atoms with E-state index in [-0.39, 0.29) is 12.5 Å². The van der Waals surface area contributed by atoms with Gasteiger partial charge in [0.15, 0.2) is 4.80 Å². The first-order valence-electron chi connectivity index (χ1n) is 7.72. The zero-order valence-electron chi connectivity index (χ0n) is 13.7. The Morgan fingerprint density at radius 3 is 2.96 bits per heavy atom. The minimum Gasteiger partial charge on any atom is -0.313 e. The molecule has 7 heteroatoms. The number of benzene rings is 1. The lowest BCUT2D eigenvalue weighted by molar-refractivity contribution is -0.118. The molecule has 2 aromatic heterocycles. The van der Waals surface area contributed by atoms with Crippen molar-refractivity contribution in [3.63, 3.8) is 0 Å². The van der Waals surface area contributed by atoms with E-state index in [1.165, 1.54) is 34.2 Å². The van der Waals surface area contributed by atoms with Gasteiger partial charge in [-0.3, -0.25) is 4.79 Å². The van der Waals surface area contributed by atoms with Crippen molar-refractivity contribution in [2.75, 3.05) is 0 Å². The van der Waals surface area contributed by atoms with Crippen LogP contribution in [0.1, 0.15) is 25.3 Å². The van der Waals surface area contributed by atoms with Crippen molar-refractivity contribution in [2.45, 2.75) is 32.9 Å². The topological polar surface area (TPSA) is 65.1 Å². The van der Waals surface area contributed by atoms with Crippen LogP contribution in [0.5, 0.6) is 0 Å². The highest BCUT2D eigenvalue weighted by Crippen LogP contribution is 2.23. The van der Waals surface area contributed by atoms with Crippen molar-refractivity contribution < 1.29 is 4.79 Å². The van der Waals surface area contributed by atoms with Crippen LogP contribution in [0.4, 0.5) is 0 Å². The van der Waals surface area contributed by atoms with Crippen LogP contribution in [-0.2, 0) is 17.9 Å². The van der Waals surface area contributed by atoms with E-state index in [2.05, 4.69) is 53.7 Å². The summed E-state index contributed by atoms with van der Waals surface area (Å²) in [7, 11) is 0. The number of nitrogens with zero attached hydrogens (tertiary/aromatic N) is 5. The summed E-state index contributed by atoms with van der Waals surface area (Å²) in [6, 6.07) is 6.39. The van der Waals surface area contributed by atoms with E-state index in [1.54, 1.807) is 0 Å². The fourth-order valence-corrected chi connectivity index (χ4v) is 3.54. The Morgan fingerprint density at radius 2 is 2.29 bits per heavy atom. The summed E-state index contributed by atoms with van der Waals surface area (Å²) in [6.07, 6.45) is 4.71. The number of thiazole rings is 1. The first-order valence-corrected chi connectivity index (χ1v) is 8.54. The monoisotopic (exact) mass is 341 g/mol. The fraction of sp³-hybridized carbons (Fsp3) is 0.294. The second kappa shape index (κ2) is 6.92. The molecule has 3 rings (SSSR count). The number of fused-ring (bicyclic) bond motifs is 1. The predicted octanol–water partition coefficient (Wildman–Crippen LogP) is 2.73. The van der Waals surface area contributed by atoms with E-state index in [9.17, 15) is 4.79 Å². The van der Waals surface area contributed by atoms with Gasteiger partial charge in [-0.1, -0.05) is 37.3 Å². The van der Waals surface area contributed by atoms with Crippen molar-refractivity contribution in [1.29, 1.82) is 0 Å². The number of carbonyl (C=O) groups is 1. The minimum absolute atomic E-state index is 0.0829. The predicted molar refractivity (Wildman–Crippen MR) is 94.7 cm³/mol. The lowest BCUT2D eigenvalue weighted by Crippen LogP contribution is -2.18. The van der Waals surface area contributed by atoms with Gasteiger partial charge in [-0.15, -0.1) is 6.58 Å². The van der Waals surface area contributed by atoms with Gasteiger partial charge in [0.05, 0.1) is 10.2 Å². The van der Waals surface area contributed by atoms with E-state index in [1.807, 2.05) is 10.6 Å². The summed E-state index contributed by atoms with van der Waals surface area (Å²) < 4.78 is 4.60. The Balaban J connectivity index is 2.04. The van der Waals surface area contributed by atoms with Gasteiger partial charge in [0.1, 0.15) is 19.2 Å². The molecule has 2 heterocycles. The number of amides is 1. The van der Waals surface area contributed by atoms with Gasteiger partial charge in [-0.2, -0.15) is 10.1 Å². The van der Waals surface area contributed by atoms with Crippen molar-refractivity contribution in [1.82, 2.24) is 19.3 Å². The second-order valence-corrected chi connectivity index (χ2v) is 6.77. The SMILES string of the molecule is C=CCn1c(=NC(=O)Cn2cncn2)sc2cc(C(C)C)ccc21. The first kappa shape index (κ1) is 16.3. The largest absolute Gasteiger partial charge is 0.313 e. The first-order chi connectivity index (χ1) is 11.6. The van der Waals surface area contributed by atoms with E-state index in [0.29, 0.717) is 17.3 Å². The van der Waals surface area contributed by atoms with Crippen LogP contribution >= 0.6 is 11.3 Å². The third-order valence-corrected chi connectivity index (χ3v) is 4.71. The van der Waals surface area contributed by atoms with Crippen LogP contribution in [-0.4, -0.2) is 25.2 Å². The molecule has 0 unspecified atom stereocenters. The molecule has 0 atom stereocenters. The Labute approximate surface area is 143 Å². The molecule has 124 valence electrons. The zero-order chi connectivity index (χ0) is 17.1. The molecule has 0 aliphatic heterocycles. The number of allylic oxidation sites excluding steroid dienone is 1. The molecule has 24 heavy (non-hydrogen) atoms. The van der Waals surface area contributed by atoms with Crippen LogP contribution in [0.2, 0.25) is 0 Å². The van der Waals surface area contributed by atoms with Crippen LogP contribution in [0.15, 0.2) is 48.5 Å². The van der Waals surface area contributed by atoms with Gasteiger partial charge in [0.2, 0.25) is 0 Å². The molecule has 0 spiro atoms. The van der Waals surface area contributed by atoms with Gasteiger partial charge >= 0.3 is 0 Å². The number of aromatic nitrogens is 4. The molecular weight excluding hydrogens is 322 g/mol. The third-order valence-electron chi connectivity index (χ3n) is 3.67. The van der Waals surface area contributed by atoms with Crippen LogP contribution in [0, 0.1) is 0 Å². The lowest BCUT2D eigenvalue weighted by Gasteiger charge is -2.05. The number of rotatable bonds is 5. The van der Waals surface area contributed by atoms with Gasteiger partial charge in [-0.25, -0.2) is 9.67 Å². The summed E-state index contributed by atoms with van der Waals surface area (Å²) in [6.45, 7) is 8.83. The quantitative estimate of drug-likeness (QED) is 0.670. The smallest absolute Gasteiger partial charge is 0.270 e. The zero-order valence-corrected chi connectivity index (χ0v) is 14.5. The van der Waals surface area contributed by atoms with Crippen LogP contribution in [0.25, 0.3) is 10.2 Å². The summed E-state index contributed by atoms with van der Waals surface area (Å²) in [5, 5.41) is 3.94. The fourth-order valence-electron chi connectivity index (χ4n) is 2.43. The lowest BCUT2D eigenvalue weighted by atomic mass is 10.0. The molecule has 0 aliphatic rings. The van der Waals surface area contributed by atoms with Gasteiger partial charge < -0.3 is 4.57 Å². The Bertz CT molecular complexity index is 934. The number of carbonyl (C=O) groups excluding carboxylic acids is 1. The van der Waals surface area contributed by atoms with Gasteiger partial charge in [0.25, 0.3) is 5.91 Å². The number of hydrogen-bond acceptors (Lipinski definition) is 4. The summed E-state index contributed by atoms with van der Waals surface area (Å²) >= 11 is 1.52. The molecule has 6 nitrogen and oxygen atoms in total. The normalized spacial score (nSPS) is 12.2. The molecule has 0 saturated carbocycles. The molecule has 0 saturated heterocycles. The molecule has 0 aliphatic carbocycles. The Morgan fingerprint density at radius 1 is 1.46 bits per heavy atom. The highest BCUT2D eigenvalue weighted by atomic mass is 32.1. The van der Waals surface area contributed by atoms with E-state index in [4.69, 9.17) is 0 Å². The summed E-state index contributed by atoms with van der Waals surface area (Å²) in [5.41, 5.74) is 2.34. The maximum atomic E-state index is 12.2. The summed E-state index contributed by atoms with van der Waals surface area (Å²) in [4.78, 5) is 21.0. The van der Waals surface area contributed by atoms with E-state index >= 15 is 0 Å². The molecule has 0 fully saturated rings. The highest BCUT2D eigenvalue weighted by Gasteiger charge is 2.09. The van der Waals surface area contributed by atoms with Crippen molar-refractivity contribution in [2.24, 2.45) is 4.99 Å². The number of hydrogen-bond donors (Lipinski definition) is 0. The standard InChI is InChI=1S/C17H19N5OS/c1-4-7-22-14-6-5-13(12(2)3)8-15(14)24-17(22)20-16(23)9-21-11-18-10-19-21/h4-6,8,10-12H,1,7,9H2,2-3H3. The molecular formula is C17H19N5OS. The Kier molecular flexibility index (Phi) is 4.71. The average molecular weight is 341 g/mol. The minimum atomic E-state index is -0.256. The Hall–Kier alpha value is -2.54.